The van der Waals surface area contributed by atoms with E-state index < -0.39 is 56.6 Å². The molecule has 0 saturated carbocycles. The van der Waals surface area contributed by atoms with Crippen molar-refractivity contribution in [3.8, 4) is 0 Å². The zero-order valence-electron chi connectivity index (χ0n) is 36.7. The first-order valence-electron chi connectivity index (χ1n) is 22.5. The molecule has 0 aliphatic carbocycles. The predicted octanol–water partition coefficient (Wildman–Crippen LogP) is 13.0. The first-order valence-corrected chi connectivity index (χ1v) is 25.1. The van der Waals surface area contributed by atoms with Gasteiger partial charge in [0.2, 0.25) is 0 Å². The van der Waals surface area contributed by atoms with Gasteiger partial charge >= 0.3 is 0 Å². The molecule has 2 aliphatic rings. The van der Waals surface area contributed by atoms with Gasteiger partial charge in [0.15, 0.2) is 0 Å². The van der Waals surface area contributed by atoms with E-state index >= 15 is 0 Å². The Labute approximate surface area is 370 Å². The summed E-state index contributed by atoms with van der Waals surface area (Å²) in [5.41, 5.74) is -3.96. The molecule has 11 atom stereocenters. The molecule has 0 aromatic carbocycles. The molecule has 56 heavy (non-hydrogen) atoms. The van der Waals surface area contributed by atoms with E-state index in [4.69, 9.17) is 32.7 Å². The van der Waals surface area contributed by atoms with Crippen LogP contribution in [0.15, 0.2) is 12.2 Å². The van der Waals surface area contributed by atoms with Crippen LogP contribution in [0.3, 0.4) is 0 Å². The number of hydrogen-bond donors (Lipinski definition) is 4. The van der Waals surface area contributed by atoms with E-state index in [9.17, 15) is 20.4 Å². The number of hydrogen-bond acceptors (Lipinski definition) is 6. The van der Waals surface area contributed by atoms with Crippen molar-refractivity contribution in [2.75, 3.05) is 0 Å². The van der Waals surface area contributed by atoms with Gasteiger partial charge in [0, 0.05) is 9.65 Å². The van der Waals surface area contributed by atoms with Gasteiger partial charge in [-0.1, -0.05) is 147 Å². The molecular formula is C46H84Br2Cl2O6. The van der Waals surface area contributed by atoms with E-state index in [2.05, 4.69) is 45.7 Å². The Bertz CT molecular complexity index is 1120. The summed E-state index contributed by atoms with van der Waals surface area (Å²) in [6.07, 6.45) is 26.3. The summed E-state index contributed by atoms with van der Waals surface area (Å²) in [7, 11) is 0. The van der Waals surface area contributed by atoms with Crippen molar-refractivity contribution >= 4 is 55.1 Å². The molecule has 0 radical (unpaired) electrons. The van der Waals surface area contributed by atoms with Crippen LogP contribution in [0.5, 0.6) is 0 Å². The van der Waals surface area contributed by atoms with Crippen LogP contribution in [0.4, 0.5) is 0 Å². The summed E-state index contributed by atoms with van der Waals surface area (Å²) in [5, 5.41) is 45.3. The molecule has 0 aromatic heterocycles. The molecule has 4 N–H and O–H groups in total. The summed E-state index contributed by atoms with van der Waals surface area (Å²) in [6, 6.07) is 0. The highest BCUT2D eigenvalue weighted by atomic mass is 79.9. The Morgan fingerprint density at radius 1 is 0.607 bits per heavy atom. The number of alkyl halides is 4. The third kappa shape index (κ3) is 18.2. The fourth-order valence-electron chi connectivity index (χ4n) is 8.45. The van der Waals surface area contributed by atoms with Crippen molar-refractivity contribution in [1.82, 2.24) is 0 Å². The number of rotatable bonds is 30. The summed E-state index contributed by atoms with van der Waals surface area (Å²) in [4.78, 5) is -0.742. The molecule has 0 amide bonds. The molecule has 6 nitrogen and oxygen atoms in total. The molecule has 2 saturated heterocycles. The van der Waals surface area contributed by atoms with Gasteiger partial charge in [-0.15, -0.1) is 23.2 Å². The summed E-state index contributed by atoms with van der Waals surface area (Å²) in [5.74, 6) is 0. The second-order valence-electron chi connectivity index (χ2n) is 19.5. The highest BCUT2D eigenvalue weighted by molar-refractivity contribution is 9.09. The average Bonchev–Trinajstić information content (AvgIpc) is 3.75. The predicted molar refractivity (Wildman–Crippen MR) is 245 cm³/mol. The molecule has 0 spiro atoms. The lowest BCUT2D eigenvalue weighted by molar-refractivity contribution is -0.154. The highest BCUT2D eigenvalue weighted by Crippen LogP contribution is 2.43. The number of unbranched alkanes of at least 4 members (excludes halogenated alkanes) is 14. The van der Waals surface area contributed by atoms with Crippen LogP contribution in [-0.4, -0.2) is 86.6 Å². The lowest BCUT2D eigenvalue weighted by Gasteiger charge is -2.36. The molecule has 332 valence electrons. The van der Waals surface area contributed by atoms with Crippen molar-refractivity contribution in [3.05, 3.63) is 12.2 Å². The third-order valence-electron chi connectivity index (χ3n) is 13.2. The molecule has 10 heteroatoms. The lowest BCUT2D eigenvalue weighted by atomic mass is 9.87. The largest absolute Gasteiger partial charge is 0.387 e. The van der Waals surface area contributed by atoms with E-state index in [0.29, 0.717) is 51.4 Å². The van der Waals surface area contributed by atoms with E-state index in [0.717, 1.165) is 12.8 Å². The van der Waals surface area contributed by atoms with Gasteiger partial charge in [-0.2, -0.15) is 0 Å². The summed E-state index contributed by atoms with van der Waals surface area (Å²) < 4.78 is 12.7. The molecular weight excluding hydrogens is 879 g/mol. The van der Waals surface area contributed by atoms with Crippen molar-refractivity contribution < 1.29 is 29.9 Å². The maximum Gasteiger partial charge on any atom is 0.101 e. The quantitative estimate of drug-likeness (QED) is 0.0325. The van der Waals surface area contributed by atoms with E-state index in [1.54, 1.807) is 19.1 Å². The first kappa shape index (κ1) is 53.2. The minimum Gasteiger partial charge on any atom is -0.387 e. The Morgan fingerprint density at radius 3 is 1.30 bits per heavy atom. The fraction of sp³-hybridized carbons (Fsp3) is 0.957. The van der Waals surface area contributed by atoms with Crippen molar-refractivity contribution in [2.24, 2.45) is 0 Å². The van der Waals surface area contributed by atoms with Gasteiger partial charge in [-0.05, 0) is 106 Å². The van der Waals surface area contributed by atoms with Gasteiger partial charge in [0.05, 0.1) is 44.4 Å². The highest BCUT2D eigenvalue weighted by Gasteiger charge is 2.50. The van der Waals surface area contributed by atoms with Crippen LogP contribution in [0.1, 0.15) is 209 Å². The fourth-order valence-corrected chi connectivity index (χ4v) is 9.49. The van der Waals surface area contributed by atoms with E-state index in [1.165, 1.54) is 89.9 Å². The van der Waals surface area contributed by atoms with Gasteiger partial charge in [0.25, 0.3) is 0 Å². The normalized spacial score (nSPS) is 28.9. The van der Waals surface area contributed by atoms with Crippen LogP contribution in [-0.2, 0) is 9.47 Å². The van der Waals surface area contributed by atoms with Crippen LogP contribution in [0.25, 0.3) is 0 Å². The molecule has 2 aliphatic heterocycles. The second kappa shape index (κ2) is 24.6. The monoisotopic (exact) mass is 960 g/mol. The zero-order valence-corrected chi connectivity index (χ0v) is 41.4. The number of aliphatic hydroxyl groups excluding tert-OH is 2. The smallest absolute Gasteiger partial charge is 0.101 e. The summed E-state index contributed by atoms with van der Waals surface area (Å²) in [6.45, 7) is 15.6. The standard InChI is InChI=1S/C46H84Br2Cl2O6/c1-9-10-11-12-13-14-15-16-17-18-19-20-21-22-23-30-42(4,50)36(48)27-32-44(6,54)40-29-34-46(8,56-40)38(52)25-24-37(51)45(7)33-28-39(55-45)43(5,53)31-26-35(47)41(2,3)49/h24-25,35-40,51-54H,9-23,26-34H2,1-8H3/t35-,36-,37-,38-,39-,40-,42?,43+,44+,45+,46+/m1/s1. The van der Waals surface area contributed by atoms with E-state index in [-0.39, 0.29) is 9.65 Å². The second-order valence-corrected chi connectivity index (χ2v) is 23.5. The number of halogens is 4. The molecule has 2 heterocycles. The third-order valence-corrected chi connectivity index (χ3v) is 17.5. The van der Waals surface area contributed by atoms with Gasteiger partial charge in [-0.25, -0.2) is 0 Å². The average molecular weight is 964 g/mol. The SMILES string of the molecule is CCCCCCCCCCCCCCCCCC(C)(Cl)[C@H](Br)CC[C@](C)(O)[C@H]1CC[C@@](C)([C@H](O)C=C[C@@H](O)[C@]2(C)CC[C@H]([C@@](C)(O)CC[C@@H](Br)C(C)(C)Cl)O2)O1. The molecule has 0 aromatic rings. The lowest BCUT2D eigenvalue weighted by Crippen LogP contribution is -2.46. The Balaban J connectivity index is 1.72. The Hall–Kier alpha value is 1.04. The van der Waals surface area contributed by atoms with Crippen LogP contribution >= 0.6 is 55.1 Å². The van der Waals surface area contributed by atoms with Crippen molar-refractivity contribution in [2.45, 2.75) is 276 Å². The van der Waals surface area contributed by atoms with E-state index in [1.807, 2.05) is 34.6 Å². The topological polar surface area (TPSA) is 99.4 Å². The van der Waals surface area contributed by atoms with Crippen LogP contribution < -0.4 is 0 Å². The molecule has 2 rings (SSSR count). The van der Waals surface area contributed by atoms with Crippen molar-refractivity contribution in [1.29, 1.82) is 0 Å². The van der Waals surface area contributed by atoms with Crippen LogP contribution in [0.2, 0.25) is 0 Å². The zero-order chi connectivity index (χ0) is 42.3. The maximum atomic E-state index is 11.6. The molecule has 1 unspecified atom stereocenters. The Morgan fingerprint density at radius 2 is 0.946 bits per heavy atom. The summed E-state index contributed by atoms with van der Waals surface area (Å²) >= 11 is 21.0. The molecule has 2 fully saturated rings. The van der Waals surface area contributed by atoms with Gasteiger partial charge in [0.1, 0.15) is 12.2 Å². The number of ether oxygens (including phenoxy) is 2. The van der Waals surface area contributed by atoms with Crippen molar-refractivity contribution in [3.63, 3.8) is 0 Å². The molecule has 0 bridgehead atoms. The maximum absolute atomic E-state index is 11.6. The first-order chi connectivity index (χ1) is 26.0. The minimum absolute atomic E-state index is 0.0367. The van der Waals surface area contributed by atoms with Gasteiger partial charge < -0.3 is 29.9 Å². The van der Waals surface area contributed by atoms with Gasteiger partial charge in [-0.3, -0.25) is 0 Å². The number of aliphatic hydroxyl groups is 4. The minimum atomic E-state index is -1.08. The van der Waals surface area contributed by atoms with Crippen LogP contribution in [0, 0.1) is 0 Å². The Kier molecular flexibility index (Phi) is 23.4.